The van der Waals surface area contributed by atoms with E-state index in [-0.39, 0.29) is 0 Å². The first-order valence-electron chi connectivity index (χ1n) is 30.1. The van der Waals surface area contributed by atoms with Gasteiger partial charge in [0.1, 0.15) is 0 Å². The number of anilines is 6. The van der Waals surface area contributed by atoms with E-state index in [0.717, 1.165) is 45.5 Å². The number of thiophene rings is 2. The molecule has 4 aromatic heterocycles. The number of hydrogen-bond donors (Lipinski definition) is 0. The van der Waals surface area contributed by atoms with E-state index in [1.807, 2.05) is 22.7 Å². The predicted octanol–water partition coefficient (Wildman–Crippen LogP) is 24.0. The predicted molar refractivity (Wildman–Crippen MR) is 381 cm³/mol. The smallest absolute Gasteiger partial charge is 0.0743 e. The van der Waals surface area contributed by atoms with E-state index in [1.165, 1.54) is 127 Å². The van der Waals surface area contributed by atoms with Gasteiger partial charge in [0.05, 0.1) is 22.8 Å². The van der Waals surface area contributed by atoms with Crippen molar-refractivity contribution in [1.29, 1.82) is 0 Å². The highest BCUT2D eigenvalue weighted by Gasteiger charge is 2.32. The lowest BCUT2D eigenvalue weighted by atomic mass is 9.85. The molecule has 0 saturated carbocycles. The van der Waals surface area contributed by atoms with E-state index in [4.69, 9.17) is 0 Å². The van der Waals surface area contributed by atoms with Crippen LogP contribution >= 0.6 is 22.7 Å². The van der Waals surface area contributed by atoms with Crippen molar-refractivity contribution in [3.05, 3.63) is 291 Å². The number of para-hydroxylation sites is 4. The molecule has 0 aliphatic carbocycles. The Balaban J connectivity index is 0.928. The monoisotopic (exact) mass is 1160 g/mol. The maximum absolute atomic E-state index is 2.51. The summed E-state index contributed by atoms with van der Waals surface area (Å²) in [6.07, 6.45) is 0. The summed E-state index contributed by atoms with van der Waals surface area (Å²) in [6, 6.07) is 108. The minimum atomic E-state index is 1.10. The summed E-state index contributed by atoms with van der Waals surface area (Å²) < 4.78 is 10.1. The standard InChI is InChI=1S/C82H54N4S2/c1-83-69-41-21-17-39-67(69)77(75-59-31-9-13-35-63(59)79(64-36-14-10-32-60(64)75)85(51-25-5-3-6-26-51)53-45-47-57-55-29-19-23-43-71(55)87-73(57)49-53)81(83)82-78(68-40-18-22-42-70(68)84(82)2)76-61-33-11-15-37-65(61)80(66-38-16-12-34-62(66)76)86(52-27-7-4-8-28-52)54-46-48-58-56-30-20-24-44-72(56)88-74(58)50-54/h3-50H,1-2H3. The van der Waals surface area contributed by atoms with Crippen LogP contribution in [0.5, 0.6) is 0 Å². The molecular formula is C82H54N4S2. The average molecular weight is 1160 g/mol. The number of rotatable bonds is 9. The van der Waals surface area contributed by atoms with Crippen LogP contribution in [0.1, 0.15) is 0 Å². The van der Waals surface area contributed by atoms with Crippen LogP contribution in [0, 0.1) is 0 Å². The van der Waals surface area contributed by atoms with Gasteiger partial charge in [-0.2, -0.15) is 0 Å². The van der Waals surface area contributed by atoms with Crippen molar-refractivity contribution in [3.63, 3.8) is 0 Å². The van der Waals surface area contributed by atoms with Gasteiger partial charge in [-0.05, 0) is 94.3 Å². The number of aryl methyl sites for hydroxylation is 2. The number of hydrogen-bond acceptors (Lipinski definition) is 4. The molecule has 0 spiro atoms. The zero-order valence-corrected chi connectivity index (χ0v) is 50.0. The third-order valence-electron chi connectivity index (χ3n) is 18.5. The highest BCUT2D eigenvalue weighted by Crippen LogP contribution is 2.57. The zero-order chi connectivity index (χ0) is 58.1. The van der Waals surface area contributed by atoms with Crippen LogP contribution in [0.4, 0.5) is 34.1 Å². The van der Waals surface area contributed by atoms with E-state index in [1.54, 1.807) is 0 Å². The van der Waals surface area contributed by atoms with Gasteiger partial charge in [0.15, 0.2) is 0 Å². The van der Waals surface area contributed by atoms with Crippen molar-refractivity contribution >= 4 is 162 Å². The summed E-state index contributed by atoms with van der Waals surface area (Å²) in [7, 11) is 4.57. The van der Waals surface area contributed by atoms with E-state index in [9.17, 15) is 0 Å². The van der Waals surface area contributed by atoms with Crippen molar-refractivity contribution in [2.24, 2.45) is 14.1 Å². The summed E-state index contributed by atoms with van der Waals surface area (Å²) in [6.45, 7) is 0. The van der Waals surface area contributed by atoms with Crippen LogP contribution in [0.25, 0.3) is 139 Å². The Morgan fingerprint density at radius 3 is 0.875 bits per heavy atom. The quantitative estimate of drug-likeness (QED) is 0.134. The number of benzene rings is 14. The summed E-state index contributed by atoms with van der Waals surface area (Å²) in [5, 5.41) is 17.0. The second-order valence-corrected chi connectivity index (χ2v) is 25.3. The van der Waals surface area contributed by atoms with Crippen LogP contribution in [0.3, 0.4) is 0 Å². The molecule has 18 aromatic rings. The van der Waals surface area contributed by atoms with Crippen LogP contribution in [-0.4, -0.2) is 9.13 Å². The lowest BCUT2D eigenvalue weighted by Gasteiger charge is -2.30. The highest BCUT2D eigenvalue weighted by molar-refractivity contribution is 7.26. The molecule has 4 heterocycles. The Hall–Kier alpha value is -10.8. The van der Waals surface area contributed by atoms with Gasteiger partial charge in [0.25, 0.3) is 0 Å². The van der Waals surface area contributed by atoms with Crippen LogP contribution in [0.2, 0.25) is 0 Å². The molecular weight excluding hydrogens is 1110 g/mol. The van der Waals surface area contributed by atoms with E-state index in [2.05, 4.69) is 324 Å². The van der Waals surface area contributed by atoms with Crippen molar-refractivity contribution < 1.29 is 0 Å². The van der Waals surface area contributed by atoms with Gasteiger partial charge in [0.2, 0.25) is 0 Å². The summed E-state index contributed by atoms with van der Waals surface area (Å²) >= 11 is 3.73. The van der Waals surface area contributed by atoms with Gasteiger partial charge < -0.3 is 18.9 Å². The molecule has 18 rings (SSSR count). The molecule has 4 nitrogen and oxygen atoms in total. The van der Waals surface area contributed by atoms with Crippen molar-refractivity contribution in [3.8, 4) is 33.6 Å². The minimum absolute atomic E-state index is 1.10. The second-order valence-electron chi connectivity index (χ2n) is 23.1. The highest BCUT2D eigenvalue weighted by atomic mass is 32.1. The van der Waals surface area contributed by atoms with Gasteiger partial charge >= 0.3 is 0 Å². The van der Waals surface area contributed by atoms with E-state index < -0.39 is 0 Å². The fourth-order valence-electron chi connectivity index (χ4n) is 14.8. The molecule has 0 N–H and O–H groups in total. The van der Waals surface area contributed by atoms with E-state index >= 15 is 0 Å². The SMILES string of the molecule is Cn1c(-c2c(-c3c4ccccc4c(N(c4ccccc4)c4ccc5c(c4)sc4ccccc45)c4ccccc34)c3ccccc3n2C)c(-c2c3ccccc3c(N(c3ccccc3)c3ccc4c(c3)sc3ccccc34)c3ccccc23)c2ccccc21. The average Bonchev–Trinajstić information content (AvgIpc) is 1.43. The maximum Gasteiger partial charge on any atom is 0.0743 e. The van der Waals surface area contributed by atoms with Gasteiger partial charge in [-0.15, -0.1) is 22.7 Å². The van der Waals surface area contributed by atoms with Crippen LogP contribution in [-0.2, 0) is 14.1 Å². The number of aromatic nitrogens is 2. The largest absolute Gasteiger partial charge is 0.342 e. The molecule has 0 radical (unpaired) electrons. The fraction of sp³-hybridized carbons (Fsp3) is 0.0244. The Kier molecular flexibility index (Phi) is 11.4. The second kappa shape index (κ2) is 19.9. The zero-order valence-electron chi connectivity index (χ0n) is 48.3. The van der Waals surface area contributed by atoms with Gasteiger partial charge in [0, 0.05) is 143 Å². The van der Waals surface area contributed by atoms with Crippen molar-refractivity contribution in [2.75, 3.05) is 9.80 Å². The fourth-order valence-corrected chi connectivity index (χ4v) is 17.0. The molecule has 88 heavy (non-hydrogen) atoms. The minimum Gasteiger partial charge on any atom is -0.342 e. The van der Waals surface area contributed by atoms with Crippen LogP contribution in [0.15, 0.2) is 291 Å². The molecule has 0 aliphatic rings. The Labute approximate surface area is 516 Å². The van der Waals surface area contributed by atoms with Crippen LogP contribution < -0.4 is 9.80 Å². The normalized spacial score (nSPS) is 12.0. The molecule has 0 fully saturated rings. The molecule has 0 atom stereocenters. The topological polar surface area (TPSA) is 16.3 Å². The third kappa shape index (κ3) is 7.49. The molecule has 414 valence electrons. The summed E-state index contributed by atoms with van der Waals surface area (Å²) in [5.74, 6) is 0. The van der Waals surface area contributed by atoms with Gasteiger partial charge in [-0.3, -0.25) is 0 Å². The first kappa shape index (κ1) is 50.6. The first-order valence-corrected chi connectivity index (χ1v) is 31.7. The lowest BCUT2D eigenvalue weighted by molar-refractivity contribution is 0.925. The molecule has 0 aliphatic heterocycles. The van der Waals surface area contributed by atoms with Gasteiger partial charge in [-0.25, -0.2) is 0 Å². The van der Waals surface area contributed by atoms with Crippen molar-refractivity contribution in [2.45, 2.75) is 0 Å². The maximum atomic E-state index is 2.51. The van der Waals surface area contributed by atoms with Gasteiger partial charge in [-0.1, -0.05) is 218 Å². The molecule has 0 bridgehead atoms. The Morgan fingerprint density at radius 1 is 0.227 bits per heavy atom. The molecule has 14 aromatic carbocycles. The Morgan fingerprint density at radius 2 is 0.511 bits per heavy atom. The molecule has 0 saturated heterocycles. The first-order chi connectivity index (χ1) is 43.6. The summed E-state index contributed by atoms with van der Waals surface area (Å²) in [4.78, 5) is 5.01. The van der Waals surface area contributed by atoms with Crippen molar-refractivity contribution in [1.82, 2.24) is 9.13 Å². The van der Waals surface area contributed by atoms with E-state index in [0.29, 0.717) is 0 Å². The number of nitrogens with zero attached hydrogens (tertiary/aromatic N) is 4. The molecule has 6 heteroatoms. The molecule has 0 unspecified atom stereocenters. The summed E-state index contributed by atoms with van der Waals surface area (Å²) in [5.41, 5.74) is 16.3. The Bertz CT molecular complexity index is 5390. The molecule has 0 amide bonds. The lowest BCUT2D eigenvalue weighted by Crippen LogP contribution is -2.11. The number of fused-ring (bicyclic) bond motifs is 12. The third-order valence-corrected chi connectivity index (χ3v) is 20.7.